The number of thiazole rings is 1. The van der Waals surface area contributed by atoms with Crippen molar-refractivity contribution in [2.24, 2.45) is 0 Å². The van der Waals surface area contributed by atoms with E-state index in [1.54, 1.807) is 13.2 Å². The van der Waals surface area contributed by atoms with Crippen LogP contribution >= 0.6 is 27.3 Å². The average Bonchev–Trinajstić information content (AvgIpc) is 3.29. The fraction of sp³-hybridized carbons (Fsp3) is 0.160. The molecule has 1 aliphatic carbocycles. The van der Waals surface area contributed by atoms with Crippen LogP contribution in [0.2, 0.25) is 0 Å². The van der Waals surface area contributed by atoms with E-state index in [0.717, 1.165) is 27.0 Å². The van der Waals surface area contributed by atoms with Gasteiger partial charge in [-0.05, 0) is 48.2 Å². The van der Waals surface area contributed by atoms with Gasteiger partial charge in [0, 0.05) is 33.1 Å². The smallest absolute Gasteiger partial charge is 0.258 e. The van der Waals surface area contributed by atoms with E-state index >= 15 is 0 Å². The zero-order valence-electron chi connectivity index (χ0n) is 17.2. The monoisotopic (exact) mass is 506 g/mol. The van der Waals surface area contributed by atoms with Crippen molar-refractivity contribution in [1.29, 1.82) is 0 Å². The number of methoxy groups -OCH3 is 1. The van der Waals surface area contributed by atoms with Crippen LogP contribution in [0.4, 0.5) is 0 Å². The van der Waals surface area contributed by atoms with Crippen LogP contribution in [0.3, 0.4) is 0 Å². The molecular formula is C25H19BrN2O3S. The number of carbonyl (C=O) groups is 1. The van der Waals surface area contributed by atoms with Crippen LogP contribution in [-0.2, 0) is 6.42 Å². The highest BCUT2D eigenvalue weighted by Gasteiger charge is 2.28. The number of pyridine rings is 1. The molecule has 0 spiro atoms. The third kappa shape index (κ3) is 3.94. The Labute approximate surface area is 197 Å². The van der Waals surface area contributed by atoms with Gasteiger partial charge in [0.25, 0.3) is 5.56 Å². The number of fused-ring (bicyclic) bond motifs is 1. The maximum atomic E-state index is 13.0. The lowest BCUT2D eigenvalue weighted by molar-refractivity contribution is 0.0963. The summed E-state index contributed by atoms with van der Waals surface area (Å²) in [7, 11) is 1.63. The van der Waals surface area contributed by atoms with Crippen LogP contribution in [0.1, 0.15) is 34.0 Å². The van der Waals surface area contributed by atoms with Crippen molar-refractivity contribution in [2.45, 2.75) is 18.8 Å². The number of aromatic nitrogens is 2. The molecule has 0 fully saturated rings. The molecule has 1 unspecified atom stereocenters. The van der Waals surface area contributed by atoms with Crippen LogP contribution in [0.15, 0.2) is 69.2 Å². The summed E-state index contributed by atoms with van der Waals surface area (Å²) in [5.41, 5.74) is 4.35. The molecule has 0 radical (unpaired) electrons. The molecule has 1 aliphatic rings. The van der Waals surface area contributed by atoms with E-state index in [4.69, 9.17) is 4.74 Å². The topological polar surface area (TPSA) is 72.0 Å². The predicted octanol–water partition coefficient (Wildman–Crippen LogP) is 5.85. The summed E-state index contributed by atoms with van der Waals surface area (Å²) in [6, 6.07) is 17.3. The highest BCUT2D eigenvalue weighted by molar-refractivity contribution is 9.10. The Bertz CT molecular complexity index is 1360. The molecule has 7 heteroatoms. The van der Waals surface area contributed by atoms with Gasteiger partial charge >= 0.3 is 0 Å². The van der Waals surface area contributed by atoms with Crippen molar-refractivity contribution in [1.82, 2.24) is 9.97 Å². The van der Waals surface area contributed by atoms with Gasteiger partial charge < -0.3 is 9.72 Å². The highest BCUT2D eigenvalue weighted by Crippen LogP contribution is 2.34. The molecule has 160 valence electrons. The van der Waals surface area contributed by atoms with E-state index < -0.39 is 0 Å². The number of Topliss-reactive ketones (excluding diaryl/α,β-unsaturated/α-hetero) is 1. The highest BCUT2D eigenvalue weighted by atomic mass is 79.9. The van der Waals surface area contributed by atoms with E-state index in [9.17, 15) is 9.59 Å². The number of aromatic amines is 1. The maximum Gasteiger partial charge on any atom is 0.258 e. The fourth-order valence-corrected chi connectivity index (χ4v) is 5.16. The maximum absolute atomic E-state index is 13.0. The Morgan fingerprint density at radius 3 is 2.50 bits per heavy atom. The van der Waals surface area contributed by atoms with Gasteiger partial charge in [0.05, 0.1) is 18.4 Å². The average molecular weight is 507 g/mol. The van der Waals surface area contributed by atoms with Crippen molar-refractivity contribution in [2.75, 3.05) is 7.11 Å². The molecule has 0 aliphatic heterocycles. The molecule has 4 aromatic rings. The normalized spacial score (nSPS) is 15.4. The fourth-order valence-electron chi connectivity index (χ4n) is 4.05. The number of nitrogens with zero attached hydrogens (tertiary/aromatic N) is 1. The lowest BCUT2D eigenvalue weighted by atomic mass is 9.81. The molecule has 0 saturated carbocycles. The number of rotatable bonds is 4. The van der Waals surface area contributed by atoms with Gasteiger partial charge in [0.15, 0.2) is 5.78 Å². The number of H-pyrrole nitrogens is 1. The third-order valence-corrected chi connectivity index (χ3v) is 7.17. The summed E-state index contributed by atoms with van der Waals surface area (Å²) in [6.07, 6.45) is 1.03. The van der Waals surface area contributed by atoms with Crippen LogP contribution in [-0.4, -0.2) is 22.9 Å². The van der Waals surface area contributed by atoms with Crippen molar-refractivity contribution in [3.05, 3.63) is 91.6 Å². The molecule has 0 bridgehead atoms. The second kappa shape index (κ2) is 8.48. The summed E-state index contributed by atoms with van der Waals surface area (Å²) in [4.78, 5) is 33.5. The van der Waals surface area contributed by atoms with E-state index in [-0.39, 0.29) is 17.3 Å². The summed E-state index contributed by atoms with van der Waals surface area (Å²) in [5.74, 6) is 0.848. The van der Waals surface area contributed by atoms with Crippen LogP contribution in [0.5, 0.6) is 5.75 Å². The number of carbonyl (C=O) groups excluding carboxylic acids is 1. The number of ether oxygens (including phenoxy) is 1. The van der Waals surface area contributed by atoms with Gasteiger partial charge in [-0.1, -0.05) is 40.2 Å². The van der Waals surface area contributed by atoms with Gasteiger partial charge in [-0.15, -0.1) is 11.3 Å². The largest absolute Gasteiger partial charge is 0.497 e. The van der Waals surface area contributed by atoms with Gasteiger partial charge in [-0.25, -0.2) is 4.98 Å². The lowest BCUT2D eigenvalue weighted by Crippen LogP contribution is -2.24. The van der Waals surface area contributed by atoms with Crippen LogP contribution in [0.25, 0.3) is 21.8 Å². The Hall–Kier alpha value is -3.03. The van der Waals surface area contributed by atoms with E-state index in [1.807, 2.05) is 53.9 Å². The molecule has 5 rings (SSSR count). The lowest BCUT2D eigenvalue weighted by Gasteiger charge is -2.24. The van der Waals surface area contributed by atoms with Crippen LogP contribution < -0.4 is 10.3 Å². The van der Waals surface area contributed by atoms with Crippen LogP contribution in [0, 0.1) is 0 Å². The van der Waals surface area contributed by atoms with Gasteiger partial charge in [-0.2, -0.15) is 0 Å². The van der Waals surface area contributed by atoms with Crippen molar-refractivity contribution in [3.63, 3.8) is 0 Å². The first-order chi connectivity index (χ1) is 15.5. The molecule has 2 aromatic heterocycles. The number of hydrogen-bond donors (Lipinski definition) is 1. The second-order valence-corrected chi connectivity index (χ2v) is 9.52. The first kappa shape index (κ1) is 20.8. The van der Waals surface area contributed by atoms with Crippen molar-refractivity contribution in [3.8, 4) is 27.6 Å². The van der Waals surface area contributed by atoms with Crippen molar-refractivity contribution < 1.29 is 9.53 Å². The van der Waals surface area contributed by atoms with E-state index in [0.29, 0.717) is 34.7 Å². The zero-order valence-corrected chi connectivity index (χ0v) is 19.6. The molecule has 0 amide bonds. The van der Waals surface area contributed by atoms with E-state index in [1.165, 1.54) is 11.3 Å². The molecule has 0 saturated heterocycles. The molecule has 32 heavy (non-hydrogen) atoms. The SMILES string of the molecule is COc1ccc(C2CC(=O)c3cc(-c4nc(-c5ccc(Br)cc5)cs4)c(=O)[nH]c3C2)cc1. The third-order valence-electron chi connectivity index (χ3n) is 5.77. The van der Waals surface area contributed by atoms with Crippen molar-refractivity contribution >= 4 is 33.0 Å². The Morgan fingerprint density at radius 1 is 1.03 bits per heavy atom. The molecule has 1 N–H and O–H groups in total. The number of hydrogen-bond acceptors (Lipinski definition) is 5. The Morgan fingerprint density at radius 2 is 1.78 bits per heavy atom. The quantitative estimate of drug-likeness (QED) is 0.376. The molecule has 5 nitrogen and oxygen atoms in total. The van der Waals surface area contributed by atoms with Gasteiger partial charge in [0.2, 0.25) is 0 Å². The standard InChI is InChI=1S/C25H19BrN2O3S/c1-31-18-8-4-14(5-9-18)16-10-21-19(23(29)11-16)12-20(24(30)27-21)25-28-22(13-32-25)15-2-6-17(26)7-3-15/h2-9,12-13,16H,10-11H2,1H3,(H,27,30). The number of ketones is 1. The zero-order chi connectivity index (χ0) is 22.2. The first-order valence-corrected chi connectivity index (χ1v) is 11.8. The first-order valence-electron chi connectivity index (χ1n) is 10.2. The molecular weight excluding hydrogens is 488 g/mol. The molecule has 1 atom stereocenters. The predicted molar refractivity (Wildman–Crippen MR) is 130 cm³/mol. The minimum atomic E-state index is -0.219. The molecule has 2 heterocycles. The number of benzene rings is 2. The Balaban J connectivity index is 1.46. The number of nitrogens with one attached hydrogen (secondary N) is 1. The second-order valence-electron chi connectivity index (χ2n) is 7.75. The van der Waals surface area contributed by atoms with E-state index in [2.05, 4.69) is 25.9 Å². The summed E-state index contributed by atoms with van der Waals surface area (Å²) >= 11 is 4.84. The minimum absolute atomic E-state index is 0.0336. The summed E-state index contributed by atoms with van der Waals surface area (Å²) < 4.78 is 6.21. The summed E-state index contributed by atoms with van der Waals surface area (Å²) in [5, 5.41) is 2.54. The minimum Gasteiger partial charge on any atom is -0.497 e. The molecule has 2 aromatic carbocycles. The van der Waals surface area contributed by atoms with Gasteiger partial charge in [0.1, 0.15) is 10.8 Å². The Kier molecular flexibility index (Phi) is 5.53. The number of halogens is 1. The van der Waals surface area contributed by atoms with Gasteiger partial charge in [-0.3, -0.25) is 9.59 Å². The summed E-state index contributed by atoms with van der Waals surface area (Å²) in [6.45, 7) is 0.